The monoisotopic (exact) mass is 310 g/mol. The van der Waals surface area contributed by atoms with Gasteiger partial charge >= 0.3 is 0 Å². The number of anilines is 1. The van der Waals surface area contributed by atoms with Crippen molar-refractivity contribution in [3.63, 3.8) is 0 Å². The van der Waals surface area contributed by atoms with Crippen LogP contribution in [0.2, 0.25) is 0 Å². The molecule has 1 aromatic carbocycles. The van der Waals surface area contributed by atoms with Crippen LogP contribution in [0.1, 0.15) is 18.9 Å². The van der Waals surface area contributed by atoms with E-state index in [9.17, 15) is 8.42 Å². The van der Waals surface area contributed by atoms with Gasteiger partial charge in [-0.05, 0) is 51.2 Å². The van der Waals surface area contributed by atoms with Crippen LogP contribution in [0.5, 0.6) is 0 Å². The first kappa shape index (κ1) is 15.8. The van der Waals surface area contributed by atoms with Gasteiger partial charge in [0.05, 0.1) is 5.69 Å². The Kier molecular flexibility index (Phi) is 4.84. The number of sulfonamides is 1. The molecule has 21 heavy (non-hydrogen) atoms. The van der Waals surface area contributed by atoms with Crippen molar-refractivity contribution in [2.75, 3.05) is 32.5 Å². The smallest absolute Gasteiger partial charge is 0.266 e. The van der Waals surface area contributed by atoms with Gasteiger partial charge in [-0.1, -0.05) is 13.0 Å². The summed E-state index contributed by atoms with van der Waals surface area (Å²) in [4.78, 5) is 6.64. The van der Waals surface area contributed by atoms with E-state index >= 15 is 0 Å². The van der Waals surface area contributed by atoms with E-state index in [2.05, 4.69) is 19.9 Å². The van der Waals surface area contributed by atoms with Gasteiger partial charge < -0.3 is 10.2 Å². The fourth-order valence-corrected chi connectivity index (χ4v) is 3.29. The molecule has 1 aliphatic rings. The molecule has 116 valence electrons. The summed E-state index contributed by atoms with van der Waals surface area (Å²) >= 11 is 0. The van der Waals surface area contributed by atoms with Gasteiger partial charge in [0, 0.05) is 6.54 Å². The van der Waals surface area contributed by atoms with E-state index in [0.717, 1.165) is 24.9 Å². The molecular weight excluding hydrogens is 288 g/mol. The molecule has 6 nitrogen and oxygen atoms in total. The van der Waals surface area contributed by atoms with Crippen LogP contribution >= 0.6 is 0 Å². The number of benzene rings is 1. The van der Waals surface area contributed by atoms with Crippen LogP contribution in [0.3, 0.4) is 0 Å². The highest BCUT2D eigenvalue weighted by Crippen LogP contribution is 2.25. The number of fused-ring (bicyclic) bond motifs is 1. The first-order valence-electron chi connectivity index (χ1n) is 7.04. The molecule has 0 aromatic heterocycles. The predicted octanol–water partition coefficient (Wildman–Crippen LogP) is 1.26. The van der Waals surface area contributed by atoms with Crippen LogP contribution in [0.25, 0.3) is 0 Å². The van der Waals surface area contributed by atoms with Crippen molar-refractivity contribution in [2.45, 2.75) is 24.7 Å². The molecule has 0 saturated carbocycles. The molecule has 0 aliphatic carbocycles. The number of guanidine groups is 1. The van der Waals surface area contributed by atoms with Gasteiger partial charge in [0.15, 0.2) is 0 Å². The van der Waals surface area contributed by atoms with Gasteiger partial charge in [-0.2, -0.15) is 0 Å². The molecule has 1 heterocycles. The second-order valence-corrected chi connectivity index (χ2v) is 6.95. The predicted molar refractivity (Wildman–Crippen MR) is 85.2 cm³/mol. The lowest BCUT2D eigenvalue weighted by atomic mass is 10.1. The van der Waals surface area contributed by atoms with Crippen molar-refractivity contribution in [2.24, 2.45) is 4.99 Å². The highest BCUT2D eigenvalue weighted by molar-refractivity contribution is 7.90. The Morgan fingerprint density at radius 3 is 2.71 bits per heavy atom. The molecule has 0 bridgehead atoms. The van der Waals surface area contributed by atoms with Crippen LogP contribution in [0.15, 0.2) is 28.1 Å². The Balaban J connectivity index is 2.16. The maximum absolute atomic E-state index is 12.3. The zero-order chi connectivity index (χ0) is 15.5. The number of aryl methyl sites for hydroxylation is 1. The lowest BCUT2D eigenvalue weighted by molar-refractivity contribution is 0.403. The number of nitrogens with zero attached hydrogens (tertiary/aromatic N) is 2. The quantitative estimate of drug-likeness (QED) is 0.803. The standard InChI is InChI=1S/C14H22N4O2S/c1-4-11-6-7-12-13(10-11)21(19,20)17-14(16-12)15-8-5-9-18(2)3/h6-7,10H,4-5,8-9H2,1-3H3,(H2,15,16,17). The highest BCUT2D eigenvalue weighted by Gasteiger charge is 2.26. The first-order valence-corrected chi connectivity index (χ1v) is 8.52. The summed E-state index contributed by atoms with van der Waals surface area (Å²) in [5.74, 6) is 0.297. The highest BCUT2D eigenvalue weighted by atomic mass is 32.2. The average Bonchev–Trinajstić information content (AvgIpc) is 2.42. The second-order valence-electron chi connectivity index (χ2n) is 5.30. The summed E-state index contributed by atoms with van der Waals surface area (Å²) < 4.78 is 27.0. The molecule has 0 radical (unpaired) electrons. The van der Waals surface area contributed by atoms with Gasteiger partial charge in [0.1, 0.15) is 4.90 Å². The maximum atomic E-state index is 12.3. The van der Waals surface area contributed by atoms with Crippen molar-refractivity contribution in [3.05, 3.63) is 23.8 Å². The van der Waals surface area contributed by atoms with Crippen molar-refractivity contribution < 1.29 is 8.42 Å². The fraction of sp³-hybridized carbons (Fsp3) is 0.500. The number of hydrogen-bond acceptors (Lipinski definition) is 4. The Bertz CT molecular complexity index is 638. The second kappa shape index (κ2) is 6.44. The summed E-state index contributed by atoms with van der Waals surface area (Å²) in [6.45, 7) is 3.49. The van der Waals surface area contributed by atoms with Crippen LogP contribution in [-0.2, 0) is 16.4 Å². The molecule has 1 aromatic rings. The minimum Gasteiger partial charge on any atom is -0.324 e. The molecule has 7 heteroatoms. The number of rotatable bonds is 5. The lowest BCUT2D eigenvalue weighted by Crippen LogP contribution is -2.41. The van der Waals surface area contributed by atoms with E-state index in [4.69, 9.17) is 0 Å². The topological polar surface area (TPSA) is 73.8 Å². The number of hydrogen-bond donors (Lipinski definition) is 2. The zero-order valence-electron chi connectivity index (χ0n) is 12.7. The molecule has 0 saturated heterocycles. The zero-order valence-corrected chi connectivity index (χ0v) is 13.5. The van der Waals surface area contributed by atoms with Gasteiger partial charge in [-0.15, -0.1) is 0 Å². The van der Waals surface area contributed by atoms with E-state index in [1.807, 2.05) is 27.1 Å². The molecule has 0 amide bonds. The van der Waals surface area contributed by atoms with Crippen LogP contribution in [-0.4, -0.2) is 46.5 Å². The summed E-state index contributed by atoms with van der Waals surface area (Å²) in [6, 6.07) is 5.42. The molecule has 0 fully saturated rings. The van der Waals surface area contributed by atoms with Gasteiger partial charge in [-0.3, -0.25) is 4.99 Å². The summed E-state index contributed by atoms with van der Waals surface area (Å²) in [5, 5.41) is 3.04. The van der Waals surface area contributed by atoms with Crippen molar-refractivity contribution in [3.8, 4) is 0 Å². The third kappa shape index (κ3) is 3.95. The Hall–Kier alpha value is -1.60. The lowest BCUT2D eigenvalue weighted by Gasteiger charge is -2.22. The minimum atomic E-state index is -3.53. The molecule has 0 spiro atoms. The molecule has 2 N–H and O–H groups in total. The number of nitrogens with one attached hydrogen (secondary N) is 2. The third-order valence-corrected chi connectivity index (χ3v) is 4.64. The van der Waals surface area contributed by atoms with E-state index in [1.54, 1.807) is 12.1 Å². The van der Waals surface area contributed by atoms with Gasteiger partial charge in [0.25, 0.3) is 10.0 Å². The van der Waals surface area contributed by atoms with Crippen LogP contribution in [0, 0.1) is 0 Å². The van der Waals surface area contributed by atoms with Gasteiger partial charge in [-0.25, -0.2) is 13.1 Å². The van der Waals surface area contributed by atoms with Crippen LogP contribution < -0.4 is 10.0 Å². The van der Waals surface area contributed by atoms with Crippen LogP contribution in [0.4, 0.5) is 5.69 Å². The third-order valence-electron chi connectivity index (χ3n) is 3.26. The van der Waals surface area contributed by atoms with Gasteiger partial charge in [0.2, 0.25) is 5.96 Å². The molecule has 1 aliphatic heterocycles. The molecule has 0 atom stereocenters. The van der Waals surface area contributed by atoms with E-state index in [1.165, 1.54) is 0 Å². The molecule has 0 unspecified atom stereocenters. The van der Waals surface area contributed by atoms with Crippen molar-refractivity contribution in [1.82, 2.24) is 9.62 Å². The summed E-state index contributed by atoms with van der Waals surface area (Å²) in [5.41, 5.74) is 1.57. The molecule has 2 rings (SSSR count). The average molecular weight is 310 g/mol. The maximum Gasteiger partial charge on any atom is 0.266 e. The minimum absolute atomic E-state index is 0.286. The summed E-state index contributed by atoms with van der Waals surface area (Å²) in [7, 11) is 0.462. The Morgan fingerprint density at radius 2 is 2.05 bits per heavy atom. The Morgan fingerprint density at radius 1 is 1.29 bits per heavy atom. The first-order chi connectivity index (χ1) is 9.92. The SMILES string of the molecule is CCc1ccc2c(c1)S(=O)(=O)NC(=NCCCN(C)C)N2. The van der Waals surface area contributed by atoms with E-state index in [0.29, 0.717) is 18.2 Å². The van der Waals surface area contributed by atoms with E-state index < -0.39 is 10.0 Å². The fourth-order valence-electron chi connectivity index (χ4n) is 2.10. The molecular formula is C14H22N4O2S. The van der Waals surface area contributed by atoms with Crippen molar-refractivity contribution in [1.29, 1.82) is 0 Å². The largest absolute Gasteiger partial charge is 0.324 e. The number of aliphatic imine (C=N–C) groups is 1. The summed E-state index contributed by atoms with van der Waals surface area (Å²) in [6.07, 6.45) is 1.68. The normalized spacial score (nSPS) is 18.2. The Labute approximate surface area is 126 Å². The van der Waals surface area contributed by atoms with Crippen molar-refractivity contribution >= 4 is 21.7 Å². The van der Waals surface area contributed by atoms with E-state index in [-0.39, 0.29) is 4.90 Å².